The van der Waals surface area contributed by atoms with E-state index in [9.17, 15) is 9.59 Å². The number of nitrogens with zero attached hydrogens (tertiary/aromatic N) is 3. The number of aromatic nitrogens is 1. The summed E-state index contributed by atoms with van der Waals surface area (Å²) in [4.78, 5) is 28.7. The first-order chi connectivity index (χ1) is 22.4. The fraction of sp³-hybridized carbons (Fsp3) is 0.429. The van der Waals surface area contributed by atoms with E-state index >= 15 is 0 Å². The van der Waals surface area contributed by atoms with Crippen molar-refractivity contribution in [3.05, 3.63) is 78.7 Å². The number of benzene rings is 2. The maximum Gasteiger partial charge on any atom is 0.250 e. The Kier molecular flexibility index (Phi) is 11.6. The number of hydrogen-bond donors (Lipinski definition) is 2. The summed E-state index contributed by atoms with van der Waals surface area (Å²) >= 11 is 0. The number of para-hydroxylation sites is 1. The highest BCUT2D eigenvalue weighted by Crippen LogP contribution is 2.38. The van der Waals surface area contributed by atoms with E-state index in [0.717, 1.165) is 41.8 Å². The Labute approximate surface area is 270 Å². The van der Waals surface area contributed by atoms with Gasteiger partial charge in [0.05, 0.1) is 50.5 Å². The highest BCUT2D eigenvalue weighted by molar-refractivity contribution is 6.02. The Morgan fingerprint density at radius 3 is 2.54 bits per heavy atom. The average molecular weight is 632 g/mol. The van der Waals surface area contributed by atoms with Crippen molar-refractivity contribution in [3.8, 4) is 0 Å². The van der Waals surface area contributed by atoms with Gasteiger partial charge in [0.1, 0.15) is 12.2 Å². The summed E-state index contributed by atoms with van der Waals surface area (Å²) in [5, 5.41) is 8.01. The van der Waals surface area contributed by atoms with Crippen molar-refractivity contribution in [3.63, 3.8) is 0 Å². The van der Waals surface area contributed by atoms with Gasteiger partial charge in [0.2, 0.25) is 11.8 Å². The lowest BCUT2D eigenvalue weighted by atomic mass is 9.93. The number of likely N-dealkylation sites (tertiary alicyclic amines) is 1. The number of carbonyl (C=O) groups excluding carboxylic acids is 2. The molecule has 46 heavy (non-hydrogen) atoms. The molecule has 1 fully saturated rings. The van der Waals surface area contributed by atoms with Crippen LogP contribution in [0.4, 0.5) is 5.69 Å². The average Bonchev–Trinajstić information content (AvgIpc) is 3.78. The highest BCUT2D eigenvalue weighted by atomic mass is 16.5. The van der Waals surface area contributed by atoms with E-state index in [1.54, 1.807) is 6.26 Å². The van der Waals surface area contributed by atoms with Crippen LogP contribution in [0.25, 0.3) is 21.9 Å². The maximum absolute atomic E-state index is 12.8. The lowest BCUT2D eigenvalue weighted by Gasteiger charge is -2.25. The van der Waals surface area contributed by atoms with Crippen LogP contribution in [-0.2, 0) is 37.4 Å². The maximum atomic E-state index is 12.8. The van der Waals surface area contributed by atoms with Gasteiger partial charge in [0.15, 0.2) is 0 Å². The molecule has 1 saturated heterocycles. The van der Waals surface area contributed by atoms with Crippen LogP contribution in [0.1, 0.15) is 17.0 Å². The molecule has 2 amide bonds. The molecule has 1 aliphatic rings. The van der Waals surface area contributed by atoms with E-state index in [2.05, 4.69) is 76.1 Å². The van der Waals surface area contributed by atoms with E-state index in [1.165, 1.54) is 22.6 Å². The van der Waals surface area contributed by atoms with Gasteiger partial charge in [-0.05, 0) is 49.5 Å². The highest BCUT2D eigenvalue weighted by Gasteiger charge is 2.37. The molecule has 4 aromatic rings. The number of rotatable bonds is 17. The first kappa shape index (κ1) is 33.4. The largest absolute Gasteiger partial charge is 0.464 e. The van der Waals surface area contributed by atoms with Crippen molar-refractivity contribution in [1.29, 1.82) is 0 Å². The number of carbonyl (C=O) groups is 2. The number of nitrogens with one attached hydrogen (secondary N) is 2. The third-order valence-corrected chi connectivity index (χ3v) is 8.42. The summed E-state index contributed by atoms with van der Waals surface area (Å²) in [6, 6.07) is 14.8. The number of likely N-dealkylation sites (N-methyl/N-ethyl adjacent to an activating group) is 1. The molecule has 0 saturated carbocycles. The van der Waals surface area contributed by atoms with Crippen molar-refractivity contribution < 1.29 is 28.2 Å². The molecule has 2 aromatic carbocycles. The number of amides is 2. The van der Waals surface area contributed by atoms with Crippen molar-refractivity contribution in [2.75, 3.05) is 78.7 Å². The van der Waals surface area contributed by atoms with Gasteiger partial charge in [-0.25, -0.2) is 0 Å². The summed E-state index contributed by atoms with van der Waals surface area (Å²) in [5.41, 5.74) is 5.25. The lowest BCUT2D eigenvalue weighted by Crippen LogP contribution is -2.34. The number of fused-ring (bicyclic) bond motifs is 2. The number of hydrogen-bond acceptors (Lipinski definition) is 8. The van der Waals surface area contributed by atoms with E-state index in [-0.39, 0.29) is 18.4 Å². The van der Waals surface area contributed by atoms with Crippen LogP contribution in [0.2, 0.25) is 0 Å². The van der Waals surface area contributed by atoms with Crippen molar-refractivity contribution in [1.82, 2.24) is 19.7 Å². The Morgan fingerprint density at radius 2 is 1.76 bits per heavy atom. The van der Waals surface area contributed by atoms with E-state index in [1.807, 2.05) is 25.2 Å². The first-order valence-corrected chi connectivity index (χ1v) is 15.7. The molecule has 0 unspecified atom stereocenters. The first-order valence-electron chi connectivity index (χ1n) is 15.7. The van der Waals surface area contributed by atoms with Crippen molar-refractivity contribution in [2.45, 2.75) is 18.5 Å². The number of anilines is 1. The second kappa shape index (κ2) is 16.0. The minimum atomic E-state index is -0.225. The molecule has 1 aliphatic heterocycles. The van der Waals surface area contributed by atoms with Crippen LogP contribution in [0.3, 0.4) is 0 Å². The van der Waals surface area contributed by atoms with Gasteiger partial charge in [-0.15, -0.1) is 0 Å². The van der Waals surface area contributed by atoms with Crippen LogP contribution >= 0.6 is 0 Å². The molecular formula is C35H45N5O6. The second-order valence-electron chi connectivity index (χ2n) is 11.8. The van der Waals surface area contributed by atoms with Crippen LogP contribution < -0.4 is 10.6 Å². The number of aryl methyl sites for hydroxylation is 1. The Bertz CT molecular complexity index is 1630. The predicted molar refractivity (Wildman–Crippen MR) is 179 cm³/mol. The van der Waals surface area contributed by atoms with E-state index in [4.69, 9.17) is 18.6 Å². The van der Waals surface area contributed by atoms with Crippen molar-refractivity contribution in [2.24, 2.45) is 7.05 Å². The Morgan fingerprint density at radius 1 is 1.00 bits per heavy atom. The lowest BCUT2D eigenvalue weighted by molar-refractivity contribution is -0.121. The SMILES string of the molecule is C=CC(=O)NCCOCCOCCOCC(=O)Nc1cccc2c([C@H]3CN(Cc4cccc5occc45)C[C@@H]3N(C)C)cn(C)c12. The molecule has 5 rings (SSSR count). The number of ether oxygens (including phenoxy) is 3. The molecule has 2 aromatic heterocycles. The van der Waals surface area contributed by atoms with E-state index < -0.39 is 0 Å². The molecule has 0 bridgehead atoms. The second-order valence-corrected chi connectivity index (χ2v) is 11.8. The van der Waals surface area contributed by atoms with Gasteiger partial charge in [0, 0.05) is 62.2 Å². The molecule has 246 valence electrons. The summed E-state index contributed by atoms with van der Waals surface area (Å²) in [6.07, 6.45) is 5.20. The minimum absolute atomic E-state index is 0.0692. The zero-order valence-corrected chi connectivity index (χ0v) is 27.0. The quantitative estimate of drug-likeness (QED) is 0.134. The van der Waals surface area contributed by atoms with Crippen molar-refractivity contribution >= 4 is 39.4 Å². The molecule has 0 radical (unpaired) electrons. The third kappa shape index (κ3) is 8.23. The molecule has 0 aliphatic carbocycles. The van der Waals surface area contributed by atoms with Gasteiger partial charge in [-0.3, -0.25) is 14.5 Å². The van der Waals surface area contributed by atoms with Crippen LogP contribution in [0.15, 0.2) is 72.0 Å². The van der Waals surface area contributed by atoms with Crippen LogP contribution in [0.5, 0.6) is 0 Å². The minimum Gasteiger partial charge on any atom is -0.464 e. The zero-order valence-electron chi connectivity index (χ0n) is 27.0. The normalized spacial score (nSPS) is 16.9. The summed E-state index contributed by atoms with van der Waals surface area (Å²) in [6.45, 7) is 8.34. The monoisotopic (exact) mass is 631 g/mol. The zero-order chi connectivity index (χ0) is 32.5. The topological polar surface area (TPSA) is 110 Å². The molecule has 2 atom stereocenters. The Balaban J connectivity index is 1.13. The summed E-state index contributed by atoms with van der Waals surface area (Å²) in [5.74, 6) is -0.136. The number of furan rings is 1. The third-order valence-electron chi connectivity index (χ3n) is 8.42. The fourth-order valence-corrected chi connectivity index (χ4v) is 6.26. The van der Waals surface area contributed by atoms with Gasteiger partial charge < -0.3 is 38.7 Å². The summed E-state index contributed by atoms with van der Waals surface area (Å²) < 4.78 is 24.2. The fourth-order valence-electron chi connectivity index (χ4n) is 6.26. The van der Waals surface area contributed by atoms with Gasteiger partial charge >= 0.3 is 0 Å². The molecule has 11 nitrogen and oxygen atoms in total. The molecular weight excluding hydrogens is 586 g/mol. The predicted octanol–water partition coefficient (Wildman–Crippen LogP) is 3.74. The van der Waals surface area contributed by atoms with Gasteiger partial charge in [-0.1, -0.05) is 30.8 Å². The Hall–Kier alpha value is -4.00. The molecule has 3 heterocycles. The molecule has 2 N–H and O–H groups in total. The van der Waals surface area contributed by atoms with E-state index in [0.29, 0.717) is 51.5 Å². The van der Waals surface area contributed by atoms with Crippen LogP contribution in [-0.4, -0.2) is 106 Å². The molecule has 0 spiro atoms. The van der Waals surface area contributed by atoms with Gasteiger partial charge in [0.25, 0.3) is 0 Å². The summed E-state index contributed by atoms with van der Waals surface area (Å²) in [7, 11) is 6.35. The van der Waals surface area contributed by atoms with Gasteiger partial charge in [-0.2, -0.15) is 0 Å². The van der Waals surface area contributed by atoms with Crippen LogP contribution in [0, 0.1) is 0 Å². The smallest absolute Gasteiger partial charge is 0.250 e. The standard InChI is InChI=1S/C35H45N5O6/c1-5-33(41)36-13-15-43-16-17-44-18-19-45-24-34(42)37-30-10-7-9-27-28(21-39(4)35(27)30)29-22-40(23-31(29)38(2)3)20-25-8-6-11-32-26(25)12-14-46-32/h5-12,14,21,29,31H,1,13,15-20,22-24H2,2-4H3,(H,36,41)(H,37,42)/t29-,31+/m1/s1. The molecule has 11 heteroatoms.